The molecular formula is C10H13ClN2O. The second-order valence-corrected chi connectivity index (χ2v) is 3.88. The zero-order valence-electron chi connectivity index (χ0n) is 8.30. The molecule has 0 spiro atoms. The fourth-order valence-corrected chi connectivity index (χ4v) is 1.86. The zero-order chi connectivity index (χ0) is 10.2. The number of ether oxygens (including phenoxy) is 1. The Morgan fingerprint density at radius 2 is 2.21 bits per heavy atom. The Morgan fingerprint density at radius 3 is 2.79 bits per heavy atom. The Bertz CT molecular complexity index is 340. The van der Waals surface area contributed by atoms with Crippen LogP contribution in [0.3, 0.4) is 0 Å². The molecule has 0 aliphatic carbocycles. The van der Waals surface area contributed by atoms with E-state index in [0.717, 1.165) is 18.4 Å². The van der Waals surface area contributed by atoms with Gasteiger partial charge in [-0.2, -0.15) is 0 Å². The molecule has 0 aromatic heterocycles. The SMILES string of the molecule is CCC1(CC)C=C2C(Cl)=CNN=C2O1. The van der Waals surface area contributed by atoms with Crippen LogP contribution < -0.4 is 5.43 Å². The minimum absolute atomic E-state index is 0.214. The quantitative estimate of drug-likeness (QED) is 0.763. The van der Waals surface area contributed by atoms with E-state index in [2.05, 4.69) is 30.5 Å². The maximum atomic E-state index is 6.03. The second-order valence-electron chi connectivity index (χ2n) is 3.47. The second kappa shape index (κ2) is 3.31. The molecular weight excluding hydrogens is 200 g/mol. The summed E-state index contributed by atoms with van der Waals surface area (Å²) in [5, 5.41) is 4.71. The first kappa shape index (κ1) is 9.59. The van der Waals surface area contributed by atoms with E-state index in [-0.39, 0.29) is 5.60 Å². The lowest BCUT2D eigenvalue weighted by molar-refractivity contribution is 0.109. The van der Waals surface area contributed by atoms with Gasteiger partial charge >= 0.3 is 0 Å². The van der Waals surface area contributed by atoms with E-state index >= 15 is 0 Å². The number of nitrogens with zero attached hydrogens (tertiary/aromatic N) is 1. The third-order valence-corrected chi connectivity index (χ3v) is 3.06. The van der Waals surface area contributed by atoms with Crippen molar-refractivity contribution in [3.63, 3.8) is 0 Å². The number of rotatable bonds is 2. The lowest BCUT2D eigenvalue weighted by atomic mass is 9.96. The summed E-state index contributed by atoms with van der Waals surface area (Å²) in [6, 6.07) is 0. The summed E-state index contributed by atoms with van der Waals surface area (Å²) >= 11 is 6.03. The van der Waals surface area contributed by atoms with E-state index in [4.69, 9.17) is 16.3 Å². The van der Waals surface area contributed by atoms with Crippen molar-refractivity contribution in [2.45, 2.75) is 32.3 Å². The highest BCUT2D eigenvalue weighted by molar-refractivity contribution is 6.35. The predicted octanol–water partition coefficient (Wildman–Crippen LogP) is 2.50. The number of hydrazone groups is 1. The smallest absolute Gasteiger partial charge is 0.240 e. The van der Waals surface area contributed by atoms with Crippen LogP contribution in [0.25, 0.3) is 0 Å². The largest absolute Gasteiger partial charge is 0.465 e. The van der Waals surface area contributed by atoms with Gasteiger partial charge < -0.3 is 4.74 Å². The molecule has 0 fully saturated rings. The Morgan fingerprint density at radius 1 is 1.50 bits per heavy atom. The molecule has 0 saturated heterocycles. The van der Waals surface area contributed by atoms with E-state index in [9.17, 15) is 0 Å². The zero-order valence-corrected chi connectivity index (χ0v) is 9.06. The van der Waals surface area contributed by atoms with Crippen molar-refractivity contribution in [1.82, 2.24) is 5.43 Å². The van der Waals surface area contributed by atoms with E-state index in [1.165, 1.54) is 0 Å². The number of nitrogens with one attached hydrogen (secondary N) is 1. The Hall–Kier alpha value is -0.960. The summed E-state index contributed by atoms with van der Waals surface area (Å²) in [6.07, 6.45) is 5.60. The molecule has 14 heavy (non-hydrogen) atoms. The molecule has 0 atom stereocenters. The minimum atomic E-state index is -0.214. The molecule has 0 unspecified atom stereocenters. The molecule has 0 aromatic carbocycles. The van der Waals surface area contributed by atoms with Gasteiger partial charge in [-0.25, -0.2) is 0 Å². The number of halogens is 1. The van der Waals surface area contributed by atoms with Crippen LogP contribution in [-0.2, 0) is 4.74 Å². The van der Waals surface area contributed by atoms with Gasteiger partial charge in [-0.3, -0.25) is 5.43 Å². The summed E-state index contributed by atoms with van der Waals surface area (Å²) in [5.41, 5.74) is 3.42. The highest BCUT2D eigenvalue weighted by Gasteiger charge is 2.37. The molecule has 4 heteroatoms. The lowest BCUT2D eigenvalue weighted by Crippen LogP contribution is -2.26. The molecule has 0 saturated carbocycles. The normalized spacial score (nSPS) is 22.6. The van der Waals surface area contributed by atoms with Crippen molar-refractivity contribution >= 4 is 17.5 Å². The van der Waals surface area contributed by atoms with Crippen molar-refractivity contribution in [3.05, 3.63) is 22.9 Å². The number of hydrogen-bond donors (Lipinski definition) is 1. The molecule has 0 bridgehead atoms. The van der Waals surface area contributed by atoms with Crippen LogP contribution in [-0.4, -0.2) is 11.5 Å². The van der Waals surface area contributed by atoms with Gasteiger partial charge in [0.2, 0.25) is 5.90 Å². The lowest BCUT2D eigenvalue weighted by Gasteiger charge is -2.23. The average Bonchev–Trinajstić information content (AvgIpc) is 2.59. The van der Waals surface area contributed by atoms with Gasteiger partial charge in [0.05, 0.1) is 10.6 Å². The van der Waals surface area contributed by atoms with Gasteiger partial charge in [-0.15, -0.1) is 5.10 Å². The predicted molar refractivity (Wildman–Crippen MR) is 57.0 cm³/mol. The van der Waals surface area contributed by atoms with Gasteiger partial charge in [0.1, 0.15) is 5.60 Å². The monoisotopic (exact) mass is 212 g/mol. The molecule has 3 nitrogen and oxygen atoms in total. The summed E-state index contributed by atoms with van der Waals surface area (Å²) in [6.45, 7) is 4.20. The molecule has 2 rings (SSSR count). The molecule has 0 aromatic rings. The summed E-state index contributed by atoms with van der Waals surface area (Å²) < 4.78 is 5.79. The first-order chi connectivity index (χ1) is 6.71. The fourth-order valence-electron chi connectivity index (χ4n) is 1.68. The third kappa shape index (κ3) is 1.32. The van der Waals surface area contributed by atoms with Crippen LogP contribution in [0.15, 0.2) is 28.0 Å². The molecule has 2 aliphatic rings. The number of hydrogen-bond acceptors (Lipinski definition) is 3. The first-order valence-corrected chi connectivity index (χ1v) is 5.20. The molecule has 1 N–H and O–H groups in total. The molecule has 0 radical (unpaired) electrons. The van der Waals surface area contributed by atoms with Crippen molar-refractivity contribution in [2.24, 2.45) is 5.10 Å². The summed E-state index contributed by atoms with van der Waals surface area (Å²) in [5.74, 6) is 0.612. The average molecular weight is 213 g/mol. The molecule has 76 valence electrons. The van der Waals surface area contributed by atoms with Crippen LogP contribution >= 0.6 is 11.6 Å². The van der Waals surface area contributed by atoms with Crippen molar-refractivity contribution in [3.8, 4) is 0 Å². The fraction of sp³-hybridized carbons (Fsp3) is 0.500. The van der Waals surface area contributed by atoms with Gasteiger partial charge in [0.25, 0.3) is 0 Å². The van der Waals surface area contributed by atoms with E-state index < -0.39 is 0 Å². The Balaban J connectivity index is 2.37. The Kier molecular flexibility index (Phi) is 2.27. The maximum absolute atomic E-state index is 6.03. The van der Waals surface area contributed by atoms with Crippen LogP contribution in [0.1, 0.15) is 26.7 Å². The summed E-state index contributed by atoms with van der Waals surface area (Å²) in [4.78, 5) is 0. The van der Waals surface area contributed by atoms with Crippen molar-refractivity contribution in [2.75, 3.05) is 0 Å². The van der Waals surface area contributed by atoms with Crippen LogP contribution in [0, 0.1) is 0 Å². The minimum Gasteiger partial charge on any atom is -0.465 e. The van der Waals surface area contributed by atoms with Gasteiger partial charge in [0, 0.05) is 6.20 Å². The van der Waals surface area contributed by atoms with Gasteiger partial charge in [-0.1, -0.05) is 25.4 Å². The highest BCUT2D eigenvalue weighted by Crippen LogP contribution is 2.36. The topological polar surface area (TPSA) is 33.6 Å². The molecule has 0 amide bonds. The van der Waals surface area contributed by atoms with Crippen LogP contribution in [0.5, 0.6) is 0 Å². The van der Waals surface area contributed by atoms with Crippen molar-refractivity contribution < 1.29 is 4.74 Å². The first-order valence-electron chi connectivity index (χ1n) is 4.82. The standard InChI is InChI=1S/C10H13ClN2O/c1-3-10(4-2)5-7-8(11)6-12-13-9(7)14-10/h5-6,12H,3-4H2,1-2H3. The van der Waals surface area contributed by atoms with Crippen LogP contribution in [0.4, 0.5) is 0 Å². The third-order valence-electron chi connectivity index (χ3n) is 2.75. The van der Waals surface area contributed by atoms with E-state index in [1.54, 1.807) is 6.20 Å². The van der Waals surface area contributed by atoms with Crippen molar-refractivity contribution in [1.29, 1.82) is 0 Å². The van der Waals surface area contributed by atoms with Gasteiger partial charge in [0.15, 0.2) is 0 Å². The van der Waals surface area contributed by atoms with Crippen LogP contribution in [0.2, 0.25) is 0 Å². The molecule has 2 aliphatic heterocycles. The maximum Gasteiger partial charge on any atom is 0.240 e. The van der Waals surface area contributed by atoms with E-state index in [0.29, 0.717) is 10.9 Å². The summed E-state index contributed by atoms with van der Waals surface area (Å²) in [7, 11) is 0. The Labute approximate surface area is 88.5 Å². The molecule has 2 heterocycles. The highest BCUT2D eigenvalue weighted by atomic mass is 35.5. The number of fused-ring (bicyclic) bond motifs is 1. The van der Waals surface area contributed by atoms with Gasteiger partial charge in [-0.05, 0) is 18.9 Å². The van der Waals surface area contributed by atoms with E-state index in [1.807, 2.05) is 0 Å².